The molecule has 7 nitrogen and oxygen atoms in total. The largest absolute Gasteiger partial charge is 0.459 e. The number of halogens is 1. The number of carbonyl (C=O) groups is 1. The summed E-state index contributed by atoms with van der Waals surface area (Å²) in [6.45, 7) is 0. The molecule has 0 atom stereocenters. The standard InChI is InChI=1S/C22H12BrNO6S2/c23-13-7-9-14(10-8-13)32(27,28)24(21(25)18-6-3-11-29-18)17-12-19-20(30-22(26)31-19)16-5-2-1-4-15(16)17/h1-12H. The van der Waals surface area contributed by atoms with Crippen molar-refractivity contribution in [1.29, 1.82) is 0 Å². The highest BCUT2D eigenvalue weighted by Gasteiger charge is 2.35. The van der Waals surface area contributed by atoms with Gasteiger partial charge in [-0.25, -0.2) is 13.2 Å². The number of furan rings is 1. The molecule has 0 fully saturated rings. The Morgan fingerprint density at radius 2 is 1.69 bits per heavy atom. The van der Waals surface area contributed by atoms with E-state index in [0.717, 1.165) is 11.3 Å². The molecule has 32 heavy (non-hydrogen) atoms. The number of fused-ring (bicyclic) bond motifs is 3. The Kier molecular flexibility index (Phi) is 5.00. The second kappa shape index (κ2) is 7.73. The van der Waals surface area contributed by atoms with Crippen molar-refractivity contribution in [2.45, 2.75) is 4.90 Å². The summed E-state index contributed by atoms with van der Waals surface area (Å²) in [5, 5.41) is 0.948. The minimum atomic E-state index is -4.35. The summed E-state index contributed by atoms with van der Waals surface area (Å²) in [4.78, 5) is 24.8. The maximum atomic E-state index is 13.7. The van der Waals surface area contributed by atoms with Gasteiger partial charge in [-0.1, -0.05) is 51.5 Å². The van der Waals surface area contributed by atoms with Crippen LogP contribution in [0.25, 0.3) is 21.1 Å². The van der Waals surface area contributed by atoms with Crippen molar-refractivity contribution in [3.05, 3.63) is 93.0 Å². The van der Waals surface area contributed by atoms with Gasteiger partial charge in [-0.15, -0.1) is 0 Å². The summed E-state index contributed by atoms with van der Waals surface area (Å²) < 4.78 is 39.8. The first-order valence-electron chi connectivity index (χ1n) is 9.20. The molecule has 0 spiro atoms. The fourth-order valence-electron chi connectivity index (χ4n) is 3.41. The van der Waals surface area contributed by atoms with E-state index in [4.69, 9.17) is 8.83 Å². The summed E-state index contributed by atoms with van der Waals surface area (Å²) >= 11 is 4.12. The molecule has 0 unspecified atom stereocenters. The summed E-state index contributed by atoms with van der Waals surface area (Å²) in [6, 6.07) is 17.2. The topological polar surface area (TPSA) is 97.8 Å². The van der Waals surface area contributed by atoms with Crippen molar-refractivity contribution in [3.63, 3.8) is 0 Å². The zero-order valence-corrected chi connectivity index (χ0v) is 19.2. The van der Waals surface area contributed by atoms with Crippen LogP contribution in [0.2, 0.25) is 0 Å². The maximum Gasteiger partial charge on any atom is 0.396 e. The van der Waals surface area contributed by atoms with Gasteiger partial charge in [-0.05, 0) is 42.5 Å². The van der Waals surface area contributed by atoms with Crippen LogP contribution in [0.15, 0.2) is 96.0 Å². The van der Waals surface area contributed by atoms with Crippen molar-refractivity contribution in [2.24, 2.45) is 0 Å². The number of carbonyl (C=O) groups excluding carboxylic acids is 1. The number of amides is 1. The lowest BCUT2D eigenvalue weighted by atomic mass is 10.1. The summed E-state index contributed by atoms with van der Waals surface area (Å²) in [7, 11) is -4.35. The molecule has 5 rings (SSSR count). The van der Waals surface area contributed by atoms with Gasteiger partial charge in [0.05, 0.1) is 21.5 Å². The fourth-order valence-corrected chi connectivity index (χ4v) is 5.80. The number of sulfonamides is 1. The molecule has 0 saturated carbocycles. The van der Waals surface area contributed by atoms with Crippen molar-refractivity contribution in [3.8, 4) is 0 Å². The second-order valence-electron chi connectivity index (χ2n) is 6.73. The molecule has 0 aliphatic carbocycles. The van der Waals surface area contributed by atoms with Gasteiger partial charge < -0.3 is 8.83 Å². The van der Waals surface area contributed by atoms with Gasteiger partial charge in [0, 0.05) is 15.2 Å². The van der Waals surface area contributed by atoms with Gasteiger partial charge in [-0.2, -0.15) is 4.31 Å². The quantitative estimate of drug-likeness (QED) is 0.309. The smallest absolute Gasteiger partial charge is 0.396 e. The van der Waals surface area contributed by atoms with Crippen LogP contribution in [-0.2, 0) is 10.0 Å². The average molecular weight is 530 g/mol. The number of rotatable bonds is 4. The summed E-state index contributed by atoms with van der Waals surface area (Å²) in [5.74, 6) is -1.01. The van der Waals surface area contributed by atoms with Crippen LogP contribution >= 0.6 is 27.3 Å². The van der Waals surface area contributed by atoms with E-state index in [-0.39, 0.29) is 16.3 Å². The number of hydrogen-bond acceptors (Lipinski definition) is 7. The van der Waals surface area contributed by atoms with E-state index in [1.807, 2.05) is 0 Å². The Morgan fingerprint density at radius 3 is 2.38 bits per heavy atom. The highest BCUT2D eigenvalue weighted by atomic mass is 79.9. The zero-order valence-electron chi connectivity index (χ0n) is 16.0. The van der Waals surface area contributed by atoms with Gasteiger partial charge in [0.2, 0.25) is 0 Å². The van der Waals surface area contributed by atoms with Crippen molar-refractivity contribution in [2.75, 3.05) is 4.31 Å². The Bertz CT molecular complexity index is 1630. The van der Waals surface area contributed by atoms with Crippen LogP contribution in [0.4, 0.5) is 5.69 Å². The van der Waals surface area contributed by atoms with Gasteiger partial charge >= 0.3 is 10.8 Å². The lowest BCUT2D eigenvalue weighted by Crippen LogP contribution is -2.37. The number of benzene rings is 3. The molecule has 2 aromatic heterocycles. The lowest BCUT2D eigenvalue weighted by molar-refractivity contribution is 0.0979. The second-order valence-corrected chi connectivity index (χ2v) is 10.4. The molecule has 2 heterocycles. The minimum absolute atomic E-state index is 0.0786. The Balaban J connectivity index is 1.85. The average Bonchev–Trinajstić information content (AvgIpc) is 3.43. The normalized spacial score (nSPS) is 11.8. The van der Waals surface area contributed by atoms with E-state index in [9.17, 15) is 18.0 Å². The van der Waals surface area contributed by atoms with Crippen LogP contribution in [0, 0.1) is 0 Å². The highest BCUT2D eigenvalue weighted by molar-refractivity contribution is 9.10. The summed E-state index contributed by atoms with van der Waals surface area (Å²) in [5.41, 5.74) is 0.431. The molecule has 0 N–H and O–H groups in total. The van der Waals surface area contributed by atoms with E-state index in [1.54, 1.807) is 36.4 Å². The van der Waals surface area contributed by atoms with Gasteiger partial charge in [-0.3, -0.25) is 4.79 Å². The zero-order chi connectivity index (χ0) is 22.5. The lowest BCUT2D eigenvalue weighted by Gasteiger charge is -2.23. The number of hydrogen-bond donors (Lipinski definition) is 0. The molecule has 0 aliphatic heterocycles. The Hall–Kier alpha value is -3.21. The van der Waals surface area contributed by atoms with Crippen molar-refractivity contribution < 1.29 is 22.0 Å². The van der Waals surface area contributed by atoms with Gasteiger partial charge in [0.15, 0.2) is 11.3 Å². The molecule has 0 radical (unpaired) electrons. The number of nitrogens with zero attached hydrogens (tertiary/aromatic N) is 1. The number of anilines is 1. The molecule has 1 amide bonds. The van der Waals surface area contributed by atoms with Gasteiger partial charge in [0.25, 0.3) is 10.0 Å². The molecule has 0 aliphatic rings. The first kappa shape index (κ1) is 20.7. The van der Waals surface area contributed by atoms with Crippen LogP contribution in [0.3, 0.4) is 0 Å². The highest BCUT2D eigenvalue weighted by Crippen LogP contribution is 2.38. The summed E-state index contributed by atoms with van der Waals surface area (Å²) in [6.07, 6.45) is 1.29. The van der Waals surface area contributed by atoms with E-state index < -0.39 is 20.9 Å². The monoisotopic (exact) mass is 529 g/mol. The molecule has 10 heteroatoms. The molecule has 3 aromatic carbocycles. The fraction of sp³-hybridized carbons (Fsp3) is 0. The van der Waals surface area contributed by atoms with Crippen molar-refractivity contribution >= 4 is 69.9 Å². The maximum absolute atomic E-state index is 13.7. The molecular formula is C22H12BrNO6S2. The molecule has 160 valence electrons. The molecular weight excluding hydrogens is 518 g/mol. The Morgan fingerprint density at radius 1 is 0.969 bits per heavy atom. The van der Waals surface area contributed by atoms with E-state index in [1.165, 1.54) is 36.6 Å². The van der Waals surface area contributed by atoms with Crippen LogP contribution in [-0.4, -0.2) is 14.3 Å². The Labute approximate surface area is 193 Å². The third-order valence-corrected chi connectivity index (χ3v) is 7.82. The van der Waals surface area contributed by atoms with Gasteiger partial charge in [0.1, 0.15) is 0 Å². The third kappa shape index (κ3) is 3.36. The van der Waals surface area contributed by atoms with Crippen LogP contribution in [0.1, 0.15) is 10.6 Å². The SMILES string of the molecule is O=C(c1ccco1)N(c1cc2sc(=O)oc2c2ccccc12)S(=O)(=O)c1ccc(Br)cc1. The van der Waals surface area contributed by atoms with E-state index in [2.05, 4.69) is 15.9 Å². The first-order chi connectivity index (χ1) is 15.4. The first-order valence-corrected chi connectivity index (χ1v) is 12.3. The molecule has 0 bridgehead atoms. The van der Waals surface area contributed by atoms with Crippen LogP contribution < -0.4 is 9.24 Å². The van der Waals surface area contributed by atoms with E-state index >= 15 is 0 Å². The van der Waals surface area contributed by atoms with Crippen LogP contribution in [0.5, 0.6) is 0 Å². The molecule has 5 aromatic rings. The predicted octanol–water partition coefficient (Wildman–Crippen LogP) is 5.40. The molecule has 0 saturated heterocycles. The predicted molar refractivity (Wildman–Crippen MR) is 125 cm³/mol. The van der Waals surface area contributed by atoms with Crippen molar-refractivity contribution in [1.82, 2.24) is 0 Å². The van der Waals surface area contributed by atoms with E-state index in [0.29, 0.717) is 29.8 Å². The minimum Gasteiger partial charge on any atom is -0.459 e. The third-order valence-electron chi connectivity index (χ3n) is 4.81.